The van der Waals surface area contributed by atoms with Crippen LogP contribution in [0.5, 0.6) is 0 Å². The normalized spacial score (nSPS) is 20.1. The van der Waals surface area contributed by atoms with E-state index in [0.717, 1.165) is 38.1 Å². The van der Waals surface area contributed by atoms with E-state index in [1.54, 1.807) is 16.1 Å². The van der Waals surface area contributed by atoms with Crippen LogP contribution in [-0.4, -0.2) is 57.0 Å². The Hall–Kier alpha value is 0.180. The third-order valence-electron chi connectivity index (χ3n) is 3.54. The molecule has 0 spiro atoms. The number of nitrogens with zero attached hydrogens (tertiary/aromatic N) is 1. The Morgan fingerprint density at radius 3 is 2.55 bits per heavy atom. The highest BCUT2D eigenvalue weighted by Crippen LogP contribution is 2.18. The lowest BCUT2D eigenvalue weighted by Gasteiger charge is -2.32. The Labute approximate surface area is 128 Å². The number of hydrogen-bond acceptors (Lipinski definition) is 4. The lowest BCUT2D eigenvalue weighted by atomic mass is 9.98. The molecule has 1 heterocycles. The van der Waals surface area contributed by atoms with Gasteiger partial charge in [-0.1, -0.05) is 6.92 Å². The minimum Gasteiger partial charge on any atom is -0.316 e. The zero-order valence-corrected chi connectivity index (χ0v) is 14.5. The van der Waals surface area contributed by atoms with Crippen molar-refractivity contribution < 1.29 is 8.42 Å². The Morgan fingerprint density at radius 2 is 2.00 bits per heavy atom. The topological polar surface area (TPSA) is 61.4 Å². The summed E-state index contributed by atoms with van der Waals surface area (Å²) in [5.41, 5.74) is 0. The van der Waals surface area contributed by atoms with E-state index >= 15 is 0 Å². The van der Waals surface area contributed by atoms with E-state index in [9.17, 15) is 8.42 Å². The van der Waals surface area contributed by atoms with Crippen LogP contribution in [0.4, 0.5) is 0 Å². The van der Waals surface area contributed by atoms with E-state index in [4.69, 9.17) is 0 Å². The summed E-state index contributed by atoms with van der Waals surface area (Å²) in [5, 5.41) is 3.42. The van der Waals surface area contributed by atoms with E-state index in [2.05, 4.69) is 17.0 Å². The summed E-state index contributed by atoms with van der Waals surface area (Å²) in [6.07, 6.45) is 5.03. The van der Waals surface area contributed by atoms with Gasteiger partial charge in [-0.05, 0) is 51.4 Å². The second-order valence-corrected chi connectivity index (χ2v) is 8.14. The molecule has 0 radical (unpaired) electrons. The maximum Gasteiger partial charge on any atom is 0.279 e. The molecule has 0 saturated carbocycles. The molecule has 0 bridgehead atoms. The fourth-order valence-electron chi connectivity index (χ4n) is 2.45. The van der Waals surface area contributed by atoms with Gasteiger partial charge in [-0.2, -0.15) is 29.2 Å². The number of thioether (sulfide) groups is 1. The van der Waals surface area contributed by atoms with Gasteiger partial charge in [0.15, 0.2) is 0 Å². The average molecular weight is 324 g/mol. The van der Waals surface area contributed by atoms with E-state index in [0.29, 0.717) is 19.0 Å². The molecule has 1 rings (SSSR count). The van der Waals surface area contributed by atoms with Crippen molar-refractivity contribution in [2.24, 2.45) is 5.92 Å². The minimum absolute atomic E-state index is 0.0149. The first-order chi connectivity index (χ1) is 9.49. The average Bonchev–Trinajstić information content (AvgIpc) is 2.39. The molecule has 1 aliphatic heterocycles. The molecule has 2 N–H and O–H groups in total. The first-order valence-corrected chi connectivity index (χ1v) is 10.3. The van der Waals surface area contributed by atoms with Gasteiger partial charge in [0.05, 0.1) is 0 Å². The van der Waals surface area contributed by atoms with Crippen LogP contribution < -0.4 is 10.0 Å². The number of nitrogens with one attached hydrogen (secondary N) is 2. The van der Waals surface area contributed by atoms with Gasteiger partial charge in [0.1, 0.15) is 0 Å². The van der Waals surface area contributed by atoms with Gasteiger partial charge in [-0.15, -0.1) is 0 Å². The molecule has 0 aromatic rings. The predicted molar refractivity (Wildman–Crippen MR) is 87.4 cm³/mol. The van der Waals surface area contributed by atoms with Gasteiger partial charge in [0.25, 0.3) is 10.2 Å². The van der Waals surface area contributed by atoms with Crippen molar-refractivity contribution in [2.45, 2.75) is 39.2 Å². The van der Waals surface area contributed by atoms with Crippen LogP contribution in [0.15, 0.2) is 0 Å². The fourth-order valence-corrected chi connectivity index (χ4v) is 4.57. The van der Waals surface area contributed by atoms with E-state index in [-0.39, 0.29) is 6.04 Å². The molecular formula is C13H29N3O2S2. The third-order valence-corrected chi connectivity index (χ3v) is 6.12. The van der Waals surface area contributed by atoms with E-state index in [1.165, 1.54) is 0 Å². The van der Waals surface area contributed by atoms with Crippen molar-refractivity contribution in [3.8, 4) is 0 Å². The molecule has 120 valence electrons. The largest absolute Gasteiger partial charge is 0.316 e. The Kier molecular flexibility index (Phi) is 8.43. The highest BCUT2D eigenvalue weighted by molar-refractivity contribution is 7.98. The molecule has 5 nitrogen and oxygen atoms in total. The van der Waals surface area contributed by atoms with Crippen molar-refractivity contribution in [1.29, 1.82) is 0 Å². The quantitative estimate of drug-likeness (QED) is 0.628. The molecule has 7 heteroatoms. The molecule has 1 atom stereocenters. The molecule has 0 aromatic heterocycles. The van der Waals surface area contributed by atoms with E-state index in [1.807, 2.05) is 13.2 Å². The predicted octanol–water partition coefficient (Wildman–Crippen LogP) is 1.28. The summed E-state index contributed by atoms with van der Waals surface area (Å²) in [6.45, 7) is 7.41. The van der Waals surface area contributed by atoms with E-state index < -0.39 is 10.2 Å². The molecule has 0 aliphatic carbocycles. The molecule has 1 saturated heterocycles. The van der Waals surface area contributed by atoms with Crippen LogP contribution in [0.2, 0.25) is 0 Å². The van der Waals surface area contributed by atoms with Gasteiger partial charge >= 0.3 is 0 Å². The Bertz CT molecular complexity index is 355. The van der Waals surface area contributed by atoms with Crippen LogP contribution >= 0.6 is 11.8 Å². The molecule has 0 aromatic carbocycles. The van der Waals surface area contributed by atoms with Gasteiger partial charge < -0.3 is 5.32 Å². The van der Waals surface area contributed by atoms with Crippen molar-refractivity contribution in [3.63, 3.8) is 0 Å². The Morgan fingerprint density at radius 1 is 1.35 bits per heavy atom. The van der Waals surface area contributed by atoms with Crippen LogP contribution in [0.25, 0.3) is 0 Å². The lowest BCUT2D eigenvalue weighted by molar-refractivity contribution is 0.264. The SMILES string of the molecule is CCCNCC1CCN(S(=O)(=O)NC(C)CSC)CC1. The minimum atomic E-state index is -3.30. The molecule has 0 amide bonds. The first kappa shape index (κ1) is 18.2. The number of hydrogen-bond donors (Lipinski definition) is 2. The summed E-state index contributed by atoms with van der Waals surface area (Å²) in [4.78, 5) is 0. The molecule has 1 aliphatic rings. The zero-order valence-electron chi connectivity index (χ0n) is 12.9. The summed E-state index contributed by atoms with van der Waals surface area (Å²) in [7, 11) is -3.30. The second kappa shape index (κ2) is 9.25. The summed E-state index contributed by atoms with van der Waals surface area (Å²) in [5.74, 6) is 1.41. The van der Waals surface area contributed by atoms with Crippen LogP contribution in [0.1, 0.15) is 33.1 Å². The van der Waals surface area contributed by atoms with Crippen molar-refractivity contribution in [2.75, 3.05) is 38.2 Å². The molecule has 1 unspecified atom stereocenters. The lowest BCUT2D eigenvalue weighted by Crippen LogP contribution is -2.48. The van der Waals surface area contributed by atoms with Crippen molar-refractivity contribution in [3.05, 3.63) is 0 Å². The second-order valence-electron chi connectivity index (χ2n) is 5.53. The zero-order chi connectivity index (χ0) is 15.0. The van der Waals surface area contributed by atoms with Gasteiger partial charge in [-0.3, -0.25) is 0 Å². The molecule has 1 fully saturated rings. The smallest absolute Gasteiger partial charge is 0.279 e. The number of piperidine rings is 1. The van der Waals surface area contributed by atoms with Crippen molar-refractivity contribution >= 4 is 22.0 Å². The fraction of sp³-hybridized carbons (Fsp3) is 1.00. The Balaban J connectivity index is 2.36. The highest BCUT2D eigenvalue weighted by Gasteiger charge is 2.28. The standard InChI is InChI=1S/C13H29N3O2S2/c1-4-7-14-10-13-5-8-16(9-6-13)20(17,18)15-12(2)11-19-3/h12-15H,4-11H2,1-3H3. The molecule has 20 heavy (non-hydrogen) atoms. The first-order valence-electron chi connectivity index (χ1n) is 7.46. The van der Waals surface area contributed by atoms with Gasteiger partial charge in [-0.25, -0.2) is 0 Å². The monoisotopic (exact) mass is 323 g/mol. The summed E-state index contributed by atoms with van der Waals surface area (Å²) < 4.78 is 28.8. The third kappa shape index (κ3) is 6.30. The molecular weight excluding hydrogens is 294 g/mol. The van der Waals surface area contributed by atoms with Crippen LogP contribution in [-0.2, 0) is 10.2 Å². The van der Waals surface area contributed by atoms with Gasteiger partial charge in [0, 0.05) is 24.9 Å². The summed E-state index contributed by atoms with van der Waals surface area (Å²) >= 11 is 1.65. The number of rotatable bonds is 9. The van der Waals surface area contributed by atoms with Crippen molar-refractivity contribution in [1.82, 2.24) is 14.3 Å². The van der Waals surface area contributed by atoms with Crippen LogP contribution in [0.3, 0.4) is 0 Å². The highest BCUT2D eigenvalue weighted by atomic mass is 32.2. The summed E-state index contributed by atoms with van der Waals surface area (Å²) in [6, 6.07) is -0.0149. The maximum absolute atomic E-state index is 12.2. The van der Waals surface area contributed by atoms with Crippen LogP contribution in [0, 0.1) is 5.92 Å². The van der Waals surface area contributed by atoms with Gasteiger partial charge in [0.2, 0.25) is 0 Å². The maximum atomic E-state index is 12.2.